The molecule has 0 aliphatic heterocycles. The predicted molar refractivity (Wildman–Crippen MR) is 107 cm³/mol. The fraction of sp³-hybridized carbons (Fsp3) is 0.421. The second-order valence-electron chi connectivity index (χ2n) is 7.31. The fourth-order valence-corrected chi connectivity index (χ4v) is 4.13. The van der Waals surface area contributed by atoms with Gasteiger partial charge in [-0.2, -0.15) is 4.98 Å². The van der Waals surface area contributed by atoms with Crippen molar-refractivity contribution in [3.63, 3.8) is 0 Å². The zero-order valence-corrected chi connectivity index (χ0v) is 16.4. The number of aliphatic hydroxyl groups excluding tert-OH is 2. The van der Waals surface area contributed by atoms with E-state index in [2.05, 4.69) is 20.3 Å². The van der Waals surface area contributed by atoms with E-state index in [1.807, 2.05) is 26.0 Å². The molecule has 9 heteroatoms. The number of aliphatic hydroxyl groups is 2. The molecule has 0 radical (unpaired) electrons. The van der Waals surface area contributed by atoms with Gasteiger partial charge in [0, 0.05) is 17.7 Å². The van der Waals surface area contributed by atoms with Crippen LogP contribution in [0.5, 0.6) is 0 Å². The van der Waals surface area contributed by atoms with Crippen molar-refractivity contribution < 1.29 is 14.6 Å². The van der Waals surface area contributed by atoms with E-state index in [0.29, 0.717) is 35.6 Å². The van der Waals surface area contributed by atoms with Crippen LogP contribution in [0, 0.1) is 19.8 Å². The number of nitrogens with two attached hydrogens (primary N) is 1. The third-order valence-corrected chi connectivity index (χ3v) is 5.41. The number of furan rings is 1. The Hall–Kier alpha value is -2.42. The lowest BCUT2D eigenvalue weighted by molar-refractivity contribution is 0.157. The summed E-state index contributed by atoms with van der Waals surface area (Å²) in [6.07, 6.45) is 0.526. The summed E-state index contributed by atoms with van der Waals surface area (Å²) in [6.45, 7) is 3.83. The molecule has 5 N–H and O–H groups in total. The van der Waals surface area contributed by atoms with Gasteiger partial charge < -0.3 is 25.7 Å². The highest BCUT2D eigenvalue weighted by Crippen LogP contribution is 2.39. The minimum Gasteiger partial charge on any atom is -0.454 e. The summed E-state index contributed by atoms with van der Waals surface area (Å²) >= 11 is 6.40. The van der Waals surface area contributed by atoms with Gasteiger partial charge in [-0.1, -0.05) is 11.6 Å². The molecule has 1 aliphatic carbocycles. The molecular formula is C19H22ClN5O3. The predicted octanol–water partition coefficient (Wildman–Crippen LogP) is 2.68. The molecule has 148 valence electrons. The molecule has 0 spiro atoms. The Morgan fingerprint density at radius 1 is 1.25 bits per heavy atom. The molecule has 1 saturated carbocycles. The van der Waals surface area contributed by atoms with Gasteiger partial charge in [0.1, 0.15) is 16.7 Å². The van der Waals surface area contributed by atoms with Crippen molar-refractivity contribution in [2.24, 2.45) is 5.92 Å². The lowest BCUT2D eigenvalue weighted by Crippen LogP contribution is -2.29. The number of nitrogens with one attached hydrogen (secondary N) is 1. The lowest BCUT2D eigenvalue weighted by Gasteiger charge is -2.19. The summed E-state index contributed by atoms with van der Waals surface area (Å²) in [5.74, 6) is 0.937. The van der Waals surface area contributed by atoms with Gasteiger partial charge in [0.2, 0.25) is 5.95 Å². The van der Waals surface area contributed by atoms with Gasteiger partial charge >= 0.3 is 0 Å². The van der Waals surface area contributed by atoms with Crippen molar-refractivity contribution in [3.8, 4) is 11.3 Å². The van der Waals surface area contributed by atoms with Gasteiger partial charge in [0.05, 0.1) is 23.4 Å². The zero-order chi connectivity index (χ0) is 20.0. The molecule has 1 fully saturated rings. The van der Waals surface area contributed by atoms with Gasteiger partial charge in [0.25, 0.3) is 0 Å². The highest BCUT2D eigenvalue weighted by molar-refractivity contribution is 6.32. The van der Waals surface area contributed by atoms with Crippen LogP contribution in [0.1, 0.15) is 24.2 Å². The zero-order valence-electron chi connectivity index (χ0n) is 15.6. The number of anilines is 2. The van der Waals surface area contributed by atoms with Gasteiger partial charge in [-0.05, 0) is 44.7 Å². The standard InChI is InChI=1S/C19H22ClN5O3/c1-8-3-11-6-14(28-16(11)9(2)22-8)15-17(20)24-19(21)25-18(15)23-12-4-10(7-26)5-13(12)27/h3,6,10,12-13,26-27H,4-5,7H2,1-2H3,(H3,21,23,24,25)/t10-,12+,13+/m0/s1. The second-order valence-corrected chi connectivity index (χ2v) is 7.67. The van der Waals surface area contributed by atoms with Gasteiger partial charge in [0.15, 0.2) is 5.58 Å². The average molecular weight is 404 g/mol. The second kappa shape index (κ2) is 7.20. The van der Waals surface area contributed by atoms with Crippen molar-refractivity contribution in [2.75, 3.05) is 17.7 Å². The van der Waals surface area contributed by atoms with Crippen LogP contribution >= 0.6 is 11.6 Å². The number of rotatable bonds is 4. The number of hydrogen-bond acceptors (Lipinski definition) is 8. The summed E-state index contributed by atoms with van der Waals surface area (Å²) < 4.78 is 6.02. The van der Waals surface area contributed by atoms with Crippen LogP contribution in [0.4, 0.5) is 11.8 Å². The molecule has 3 aromatic rings. The number of fused-ring (bicyclic) bond motifs is 1. The Kier molecular flexibility index (Phi) is 4.86. The fourth-order valence-electron chi connectivity index (χ4n) is 3.86. The molecule has 3 aromatic heterocycles. The van der Waals surface area contributed by atoms with E-state index in [1.54, 1.807) is 0 Å². The van der Waals surface area contributed by atoms with Crippen molar-refractivity contribution in [1.82, 2.24) is 15.0 Å². The van der Waals surface area contributed by atoms with Gasteiger partial charge in [-0.25, -0.2) is 4.98 Å². The van der Waals surface area contributed by atoms with Crippen LogP contribution in [0.15, 0.2) is 16.5 Å². The van der Waals surface area contributed by atoms with E-state index in [9.17, 15) is 10.2 Å². The summed E-state index contributed by atoms with van der Waals surface area (Å²) in [7, 11) is 0. The summed E-state index contributed by atoms with van der Waals surface area (Å²) in [5.41, 5.74) is 8.61. The Bertz CT molecular complexity index is 1040. The van der Waals surface area contributed by atoms with E-state index < -0.39 is 6.10 Å². The van der Waals surface area contributed by atoms with E-state index in [4.69, 9.17) is 21.8 Å². The molecule has 0 unspecified atom stereocenters. The SMILES string of the molecule is Cc1cc2cc(-c3c(Cl)nc(N)nc3N[C@@H]3C[C@H](CO)C[C@H]3O)oc2c(C)n1. The number of aromatic nitrogens is 3. The van der Waals surface area contributed by atoms with E-state index >= 15 is 0 Å². The van der Waals surface area contributed by atoms with Crippen LogP contribution in [-0.4, -0.2) is 43.9 Å². The highest BCUT2D eigenvalue weighted by Gasteiger charge is 2.34. The normalized spacial score (nSPS) is 22.1. The Morgan fingerprint density at radius 3 is 2.75 bits per heavy atom. The molecule has 3 atom stereocenters. The minimum atomic E-state index is -0.607. The number of hydrogen-bond donors (Lipinski definition) is 4. The maximum Gasteiger partial charge on any atom is 0.223 e. The van der Waals surface area contributed by atoms with E-state index in [0.717, 1.165) is 16.8 Å². The Labute approximate surface area is 166 Å². The molecule has 0 amide bonds. The molecule has 0 saturated heterocycles. The van der Waals surface area contributed by atoms with Gasteiger partial charge in [-0.3, -0.25) is 4.98 Å². The number of aryl methyl sites for hydroxylation is 2. The number of pyridine rings is 1. The highest BCUT2D eigenvalue weighted by atomic mass is 35.5. The smallest absolute Gasteiger partial charge is 0.223 e. The third-order valence-electron chi connectivity index (χ3n) is 5.13. The third kappa shape index (κ3) is 3.39. The quantitative estimate of drug-likeness (QED) is 0.489. The molecule has 28 heavy (non-hydrogen) atoms. The van der Waals surface area contributed by atoms with Crippen molar-refractivity contribution >= 4 is 34.3 Å². The van der Waals surface area contributed by atoms with Crippen molar-refractivity contribution in [1.29, 1.82) is 0 Å². The van der Waals surface area contributed by atoms with Crippen molar-refractivity contribution in [2.45, 2.75) is 38.8 Å². The monoisotopic (exact) mass is 403 g/mol. The summed E-state index contributed by atoms with van der Waals surface area (Å²) in [4.78, 5) is 12.8. The Balaban J connectivity index is 1.78. The lowest BCUT2D eigenvalue weighted by atomic mass is 10.1. The number of halogens is 1. The van der Waals surface area contributed by atoms with Crippen LogP contribution in [0.2, 0.25) is 5.15 Å². The largest absolute Gasteiger partial charge is 0.454 e. The number of nitrogens with zero attached hydrogens (tertiary/aromatic N) is 3. The average Bonchev–Trinajstić information content (AvgIpc) is 3.18. The van der Waals surface area contributed by atoms with Crippen LogP contribution in [0.3, 0.4) is 0 Å². The molecule has 3 heterocycles. The topological polar surface area (TPSA) is 130 Å². The first-order chi connectivity index (χ1) is 13.4. The maximum absolute atomic E-state index is 10.3. The van der Waals surface area contributed by atoms with Gasteiger partial charge in [-0.15, -0.1) is 0 Å². The minimum absolute atomic E-state index is 0.0206. The number of nitrogen functional groups attached to an aromatic ring is 1. The summed E-state index contributed by atoms with van der Waals surface area (Å²) in [5, 5.41) is 24.0. The molecule has 0 aromatic carbocycles. The first-order valence-corrected chi connectivity index (χ1v) is 9.50. The first-order valence-electron chi connectivity index (χ1n) is 9.12. The van der Waals surface area contributed by atoms with Crippen LogP contribution in [0.25, 0.3) is 22.3 Å². The van der Waals surface area contributed by atoms with Crippen LogP contribution < -0.4 is 11.1 Å². The molecule has 1 aliphatic rings. The molecular weight excluding hydrogens is 382 g/mol. The van der Waals surface area contributed by atoms with Crippen molar-refractivity contribution in [3.05, 3.63) is 28.7 Å². The molecule has 0 bridgehead atoms. The molecule has 8 nitrogen and oxygen atoms in total. The van der Waals surface area contributed by atoms with E-state index in [-0.39, 0.29) is 29.7 Å². The summed E-state index contributed by atoms with van der Waals surface area (Å²) in [6, 6.07) is 3.52. The Morgan fingerprint density at radius 2 is 2.04 bits per heavy atom. The van der Waals surface area contributed by atoms with Crippen LogP contribution in [-0.2, 0) is 0 Å². The van der Waals surface area contributed by atoms with E-state index in [1.165, 1.54) is 0 Å². The maximum atomic E-state index is 10.3. The molecule has 4 rings (SSSR count). The first kappa shape index (κ1) is 18.9.